The summed E-state index contributed by atoms with van der Waals surface area (Å²) in [4.78, 5) is 11.7. The second kappa shape index (κ2) is 6.53. The molecule has 6 nitrogen and oxygen atoms in total. The van der Waals surface area contributed by atoms with E-state index in [1.165, 1.54) is 36.4 Å². The van der Waals surface area contributed by atoms with Crippen LogP contribution in [0, 0.1) is 0 Å². The maximum atomic E-state index is 11.7. The molecule has 5 N–H and O–H groups in total. The van der Waals surface area contributed by atoms with Gasteiger partial charge in [-0.1, -0.05) is 12.1 Å². The predicted molar refractivity (Wildman–Crippen MR) is 80.4 cm³/mol. The summed E-state index contributed by atoms with van der Waals surface area (Å²) in [7, 11) is 0. The Hall–Kier alpha value is -3.15. The van der Waals surface area contributed by atoms with E-state index in [4.69, 9.17) is 0 Å². The Kier molecular flexibility index (Phi) is 4.53. The Morgan fingerprint density at radius 2 is 1.55 bits per heavy atom. The van der Waals surface area contributed by atoms with Gasteiger partial charge in [-0.25, -0.2) is 0 Å². The molecule has 0 aliphatic carbocycles. The molecule has 0 atom stereocenters. The maximum absolute atomic E-state index is 11.7. The Morgan fingerprint density at radius 3 is 2.18 bits per heavy atom. The Morgan fingerprint density at radius 1 is 0.909 bits per heavy atom. The molecule has 0 spiro atoms. The number of rotatable bonds is 4. The molecule has 114 valence electrons. The molecular weight excluding hydrogens is 286 g/mol. The van der Waals surface area contributed by atoms with E-state index in [0.29, 0.717) is 11.1 Å². The van der Waals surface area contributed by atoms with Crippen molar-refractivity contribution in [2.75, 3.05) is 0 Å². The summed E-state index contributed by atoms with van der Waals surface area (Å²) in [6, 6.07) is 8.49. The van der Waals surface area contributed by atoms with Crippen LogP contribution in [0.1, 0.15) is 11.1 Å². The number of phenolic OH excluding ortho intramolecular Hbond substituents is 4. The monoisotopic (exact) mass is 301 g/mol. The summed E-state index contributed by atoms with van der Waals surface area (Å²) in [5.41, 5.74) is 1.20. The molecule has 2 aromatic rings. The molecule has 1 amide bonds. The highest BCUT2D eigenvalue weighted by molar-refractivity contribution is 5.91. The third-order valence-corrected chi connectivity index (χ3v) is 2.93. The lowest BCUT2D eigenvalue weighted by molar-refractivity contribution is -0.116. The number of carbonyl (C=O) groups excluding carboxylic acids is 1. The molecule has 0 bridgehead atoms. The van der Waals surface area contributed by atoms with Crippen molar-refractivity contribution in [3.8, 4) is 23.0 Å². The molecule has 0 unspecified atom stereocenters. The zero-order chi connectivity index (χ0) is 16.1. The standard InChI is InChI=1S/C16H15NO5/c18-12-4-1-10(7-14(12)20)3-6-16(22)17-9-11-2-5-13(19)15(21)8-11/h1-8,18-21H,9H2,(H,17,22). The molecule has 0 fully saturated rings. The summed E-state index contributed by atoms with van der Waals surface area (Å²) < 4.78 is 0. The second-order valence-corrected chi connectivity index (χ2v) is 4.62. The van der Waals surface area contributed by atoms with Gasteiger partial charge in [-0.2, -0.15) is 0 Å². The largest absolute Gasteiger partial charge is 0.504 e. The van der Waals surface area contributed by atoms with Gasteiger partial charge in [0.25, 0.3) is 0 Å². The molecule has 22 heavy (non-hydrogen) atoms. The number of aromatic hydroxyl groups is 4. The smallest absolute Gasteiger partial charge is 0.244 e. The number of benzene rings is 2. The van der Waals surface area contributed by atoms with Crippen LogP contribution in [0.5, 0.6) is 23.0 Å². The van der Waals surface area contributed by atoms with E-state index >= 15 is 0 Å². The van der Waals surface area contributed by atoms with Gasteiger partial charge < -0.3 is 25.7 Å². The third kappa shape index (κ3) is 3.92. The lowest BCUT2D eigenvalue weighted by atomic mass is 10.2. The summed E-state index contributed by atoms with van der Waals surface area (Å²) in [6.07, 6.45) is 2.77. The van der Waals surface area contributed by atoms with E-state index in [2.05, 4.69) is 5.32 Å². The molecule has 0 saturated carbocycles. The average molecular weight is 301 g/mol. The van der Waals surface area contributed by atoms with Crippen molar-refractivity contribution in [1.82, 2.24) is 5.32 Å². The molecule has 0 aromatic heterocycles. The van der Waals surface area contributed by atoms with Gasteiger partial charge in [0.1, 0.15) is 0 Å². The summed E-state index contributed by atoms with van der Waals surface area (Å²) in [6.45, 7) is 0.192. The Balaban J connectivity index is 1.93. The summed E-state index contributed by atoms with van der Waals surface area (Å²) >= 11 is 0. The van der Waals surface area contributed by atoms with E-state index in [1.807, 2.05) is 0 Å². The van der Waals surface area contributed by atoms with Gasteiger partial charge >= 0.3 is 0 Å². The number of carbonyl (C=O) groups is 1. The fourth-order valence-electron chi connectivity index (χ4n) is 1.74. The Labute approximate surface area is 126 Å². The molecule has 0 aliphatic rings. The van der Waals surface area contributed by atoms with Crippen LogP contribution in [0.3, 0.4) is 0 Å². The van der Waals surface area contributed by atoms with Crippen molar-refractivity contribution in [3.63, 3.8) is 0 Å². The topological polar surface area (TPSA) is 110 Å². The minimum Gasteiger partial charge on any atom is -0.504 e. The number of hydrogen-bond acceptors (Lipinski definition) is 5. The van der Waals surface area contributed by atoms with Crippen LogP contribution < -0.4 is 5.32 Å². The fourth-order valence-corrected chi connectivity index (χ4v) is 1.74. The minimum atomic E-state index is -0.361. The molecule has 0 aliphatic heterocycles. The van der Waals surface area contributed by atoms with E-state index in [-0.39, 0.29) is 35.4 Å². The van der Waals surface area contributed by atoms with Gasteiger partial charge in [-0.3, -0.25) is 4.79 Å². The van der Waals surface area contributed by atoms with Crippen LogP contribution in [-0.2, 0) is 11.3 Å². The van der Waals surface area contributed by atoms with Crippen molar-refractivity contribution in [2.45, 2.75) is 6.54 Å². The van der Waals surface area contributed by atoms with E-state index in [9.17, 15) is 25.2 Å². The highest BCUT2D eigenvalue weighted by Gasteiger charge is 2.02. The first kappa shape index (κ1) is 15.2. The lowest BCUT2D eigenvalue weighted by Crippen LogP contribution is -2.20. The van der Waals surface area contributed by atoms with Gasteiger partial charge in [-0.15, -0.1) is 0 Å². The zero-order valence-corrected chi connectivity index (χ0v) is 11.5. The zero-order valence-electron chi connectivity index (χ0n) is 11.5. The first-order valence-corrected chi connectivity index (χ1v) is 6.44. The third-order valence-electron chi connectivity index (χ3n) is 2.93. The van der Waals surface area contributed by atoms with Crippen LogP contribution in [0.15, 0.2) is 42.5 Å². The van der Waals surface area contributed by atoms with Crippen LogP contribution in [0.2, 0.25) is 0 Å². The highest BCUT2D eigenvalue weighted by Crippen LogP contribution is 2.25. The van der Waals surface area contributed by atoms with Crippen molar-refractivity contribution in [3.05, 3.63) is 53.6 Å². The maximum Gasteiger partial charge on any atom is 0.244 e. The van der Waals surface area contributed by atoms with Crippen LogP contribution in [0.25, 0.3) is 6.08 Å². The molecule has 6 heteroatoms. The number of nitrogens with one attached hydrogen (secondary N) is 1. The number of amides is 1. The first-order valence-electron chi connectivity index (χ1n) is 6.44. The molecule has 0 radical (unpaired) electrons. The number of hydrogen-bond donors (Lipinski definition) is 5. The molecule has 2 aromatic carbocycles. The van der Waals surface area contributed by atoms with Crippen molar-refractivity contribution >= 4 is 12.0 Å². The SMILES string of the molecule is O=C(C=Cc1ccc(O)c(O)c1)NCc1ccc(O)c(O)c1. The van der Waals surface area contributed by atoms with E-state index < -0.39 is 0 Å². The van der Waals surface area contributed by atoms with Crippen LogP contribution >= 0.6 is 0 Å². The molecule has 2 rings (SSSR count). The molecular formula is C16H15NO5. The fraction of sp³-hybridized carbons (Fsp3) is 0.0625. The normalized spacial score (nSPS) is 10.7. The molecule has 0 saturated heterocycles. The second-order valence-electron chi connectivity index (χ2n) is 4.62. The van der Waals surface area contributed by atoms with Crippen molar-refractivity contribution < 1.29 is 25.2 Å². The van der Waals surface area contributed by atoms with Gasteiger partial charge in [0, 0.05) is 12.6 Å². The summed E-state index contributed by atoms with van der Waals surface area (Å²) in [5, 5.41) is 39.7. The highest BCUT2D eigenvalue weighted by atomic mass is 16.3. The van der Waals surface area contributed by atoms with Gasteiger partial charge in [0.15, 0.2) is 23.0 Å². The number of phenols is 4. The van der Waals surface area contributed by atoms with Crippen LogP contribution in [0.4, 0.5) is 0 Å². The van der Waals surface area contributed by atoms with Gasteiger partial charge in [-0.05, 0) is 41.5 Å². The van der Waals surface area contributed by atoms with E-state index in [1.54, 1.807) is 12.1 Å². The van der Waals surface area contributed by atoms with Gasteiger partial charge in [0.05, 0.1) is 0 Å². The van der Waals surface area contributed by atoms with E-state index in [0.717, 1.165) is 0 Å². The van der Waals surface area contributed by atoms with Gasteiger partial charge in [0.2, 0.25) is 5.91 Å². The first-order chi connectivity index (χ1) is 10.5. The Bertz CT molecular complexity index is 724. The quantitative estimate of drug-likeness (QED) is 0.437. The van der Waals surface area contributed by atoms with Crippen molar-refractivity contribution in [2.24, 2.45) is 0 Å². The average Bonchev–Trinajstić information content (AvgIpc) is 2.49. The molecule has 0 heterocycles. The van der Waals surface area contributed by atoms with Crippen LogP contribution in [-0.4, -0.2) is 26.3 Å². The lowest BCUT2D eigenvalue weighted by Gasteiger charge is -2.04. The predicted octanol–water partition coefficient (Wildman–Crippen LogP) is 1.84. The summed E-state index contributed by atoms with van der Waals surface area (Å²) in [5.74, 6) is -1.32. The van der Waals surface area contributed by atoms with Crippen molar-refractivity contribution in [1.29, 1.82) is 0 Å². The minimum absolute atomic E-state index is 0.192.